The van der Waals surface area contributed by atoms with Gasteiger partial charge >= 0.3 is 0 Å². The van der Waals surface area contributed by atoms with Crippen molar-refractivity contribution < 1.29 is 9.59 Å². The summed E-state index contributed by atoms with van der Waals surface area (Å²) in [6.45, 7) is 5.57. The van der Waals surface area contributed by atoms with E-state index < -0.39 is 5.41 Å². The summed E-state index contributed by atoms with van der Waals surface area (Å²) in [4.78, 5) is 26.0. The smallest absolute Gasteiger partial charge is 0.258 e. The number of anilines is 2. The first-order chi connectivity index (χ1) is 10.8. The molecule has 4 nitrogen and oxygen atoms in total. The van der Waals surface area contributed by atoms with E-state index in [9.17, 15) is 9.59 Å². The summed E-state index contributed by atoms with van der Waals surface area (Å²) in [5.74, 6) is -0.150. The predicted octanol–water partition coefficient (Wildman–Crippen LogP) is 3.95. The van der Waals surface area contributed by atoms with Crippen molar-refractivity contribution in [2.24, 2.45) is 5.41 Å². The number of carbonyl (C=O) groups is 2. The van der Waals surface area contributed by atoms with E-state index in [1.54, 1.807) is 36.2 Å². The second-order valence-corrected chi connectivity index (χ2v) is 6.48. The first-order valence-corrected chi connectivity index (χ1v) is 7.53. The lowest BCUT2D eigenvalue weighted by Crippen LogP contribution is -2.28. The molecule has 0 saturated heterocycles. The molecule has 1 N–H and O–H groups in total. The average molecular weight is 310 g/mol. The van der Waals surface area contributed by atoms with Crippen molar-refractivity contribution in [2.75, 3.05) is 17.3 Å². The van der Waals surface area contributed by atoms with E-state index in [0.717, 1.165) is 5.69 Å². The lowest BCUT2D eigenvalue weighted by atomic mass is 9.95. The maximum Gasteiger partial charge on any atom is 0.258 e. The number of rotatable bonds is 3. The minimum atomic E-state index is -0.456. The van der Waals surface area contributed by atoms with Crippen LogP contribution in [0.3, 0.4) is 0 Å². The number of hydrogen-bond donors (Lipinski definition) is 1. The largest absolute Gasteiger partial charge is 0.326 e. The third-order valence-electron chi connectivity index (χ3n) is 3.52. The number of carbonyl (C=O) groups excluding carboxylic acids is 2. The molecule has 2 aromatic carbocycles. The van der Waals surface area contributed by atoms with Crippen LogP contribution in [0.1, 0.15) is 31.1 Å². The monoisotopic (exact) mass is 310 g/mol. The van der Waals surface area contributed by atoms with Gasteiger partial charge in [-0.15, -0.1) is 0 Å². The molecule has 0 heterocycles. The highest BCUT2D eigenvalue weighted by Crippen LogP contribution is 2.19. The molecular weight excluding hydrogens is 288 g/mol. The van der Waals surface area contributed by atoms with E-state index in [1.165, 1.54) is 0 Å². The fraction of sp³-hybridized carbons (Fsp3) is 0.263. The second-order valence-electron chi connectivity index (χ2n) is 6.48. The molecule has 2 aromatic rings. The van der Waals surface area contributed by atoms with Crippen LogP contribution in [0.4, 0.5) is 11.4 Å². The highest BCUT2D eigenvalue weighted by atomic mass is 16.2. The van der Waals surface area contributed by atoms with Gasteiger partial charge in [0.2, 0.25) is 5.91 Å². The Morgan fingerprint density at radius 2 is 1.48 bits per heavy atom. The first-order valence-electron chi connectivity index (χ1n) is 7.53. The molecule has 0 aliphatic carbocycles. The zero-order valence-corrected chi connectivity index (χ0v) is 14.0. The summed E-state index contributed by atoms with van der Waals surface area (Å²) < 4.78 is 0. The van der Waals surface area contributed by atoms with Gasteiger partial charge in [0.1, 0.15) is 0 Å². The molecule has 2 amide bonds. The maximum absolute atomic E-state index is 12.5. The molecule has 0 aliphatic rings. The SMILES string of the molecule is CN(C(=O)c1ccc(NC(=O)C(C)(C)C)cc1)c1ccccc1. The molecule has 120 valence electrons. The zero-order chi connectivity index (χ0) is 17.0. The molecule has 0 radical (unpaired) electrons. The Kier molecular flexibility index (Phi) is 4.84. The van der Waals surface area contributed by atoms with Gasteiger partial charge in [-0.1, -0.05) is 39.0 Å². The van der Waals surface area contributed by atoms with Crippen molar-refractivity contribution in [1.82, 2.24) is 0 Å². The fourth-order valence-electron chi connectivity index (χ4n) is 1.98. The summed E-state index contributed by atoms with van der Waals surface area (Å²) >= 11 is 0. The van der Waals surface area contributed by atoms with E-state index >= 15 is 0 Å². The van der Waals surface area contributed by atoms with Gasteiger partial charge in [-0.25, -0.2) is 0 Å². The van der Waals surface area contributed by atoms with Crippen molar-refractivity contribution in [3.63, 3.8) is 0 Å². The number of amides is 2. The van der Waals surface area contributed by atoms with Gasteiger partial charge < -0.3 is 10.2 Å². The molecule has 23 heavy (non-hydrogen) atoms. The van der Waals surface area contributed by atoms with Crippen LogP contribution in [0, 0.1) is 5.41 Å². The van der Waals surface area contributed by atoms with Gasteiger partial charge in [-0.05, 0) is 36.4 Å². The number of nitrogens with zero attached hydrogens (tertiary/aromatic N) is 1. The third kappa shape index (κ3) is 4.19. The highest BCUT2D eigenvalue weighted by Gasteiger charge is 2.21. The number of benzene rings is 2. The summed E-state index contributed by atoms with van der Waals surface area (Å²) in [6, 6.07) is 16.4. The van der Waals surface area contributed by atoms with Gasteiger partial charge in [0.15, 0.2) is 0 Å². The molecule has 2 rings (SSSR count). The predicted molar refractivity (Wildman–Crippen MR) is 93.7 cm³/mol. The molecule has 0 saturated carbocycles. The Labute approximate surface area is 137 Å². The third-order valence-corrected chi connectivity index (χ3v) is 3.52. The Morgan fingerprint density at radius 3 is 2.00 bits per heavy atom. The van der Waals surface area contributed by atoms with E-state index in [-0.39, 0.29) is 11.8 Å². The van der Waals surface area contributed by atoms with Gasteiger partial charge in [-0.3, -0.25) is 9.59 Å². The average Bonchev–Trinajstić information content (AvgIpc) is 2.54. The lowest BCUT2D eigenvalue weighted by Gasteiger charge is -2.19. The second kappa shape index (κ2) is 6.65. The molecule has 0 bridgehead atoms. The normalized spacial score (nSPS) is 11.0. The quantitative estimate of drug-likeness (QED) is 0.933. The zero-order valence-electron chi connectivity index (χ0n) is 14.0. The summed E-state index contributed by atoms with van der Waals surface area (Å²) in [7, 11) is 1.74. The van der Waals surface area contributed by atoms with Crippen molar-refractivity contribution in [3.05, 3.63) is 60.2 Å². The number of nitrogens with one attached hydrogen (secondary N) is 1. The van der Waals surface area contributed by atoms with Gasteiger partial charge in [0.25, 0.3) is 5.91 Å². The Balaban J connectivity index is 2.10. The highest BCUT2D eigenvalue weighted by molar-refractivity contribution is 6.06. The van der Waals surface area contributed by atoms with Crippen molar-refractivity contribution in [3.8, 4) is 0 Å². The fourth-order valence-corrected chi connectivity index (χ4v) is 1.98. The van der Waals surface area contributed by atoms with Gasteiger partial charge in [-0.2, -0.15) is 0 Å². The Morgan fingerprint density at radius 1 is 0.913 bits per heavy atom. The number of hydrogen-bond acceptors (Lipinski definition) is 2. The van der Waals surface area contributed by atoms with Crippen LogP contribution in [-0.4, -0.2) is 18.9 Å². The summed E-state index contributed by atoms with van der Waals surface area (Å²) in [5, 5.41) is 2.85. The molecule has 0 unspecified atom stereocenters. The molecular formula is C19H22N2O2. The molecule has 0 atom stereocenters. The molecule has 0 aliphatic heterocycles. The van der Waals surface area contributed by atoms with Gasteiger partial charge in [0.05, 0.1) is 0 Å². The molecule has 0 fully saturated rings. The summed E-state index contributed by atoms with van der Waals surface area (Å²) in [5.41, 5.74) is 1.64. The van der Waals surface area contributed by atoms with Crippen molar-refractivity contribution in [2.45, 2.75) is 20.8 Å². The van der Waals surface area contributed by atoms with Crippen LogP contribution in [0.2, 0.25) is 0 Å². The number of para-hydroxylation sites is 1. The van der Waals surface area contributed by atoms with Gasteiger partial charge in [0, 0.05) is 29.4 Å². The van der Waals surface area contributed by atoms with Crippen LogP contribution in [0.15, 0.2) is 54.6 Å². The van der Waals surface area contributed by atoms with E-state index in [0.29, 0.717) is 11.3 Å². The molecule has 0 spiro atoms. The van der Waals surface area contributed by atoms with Crippen molar-refractivity contribution >= 4 is 23.2 Å². The Bertz CT molecular complexity index is 686. The maximum atomic E-state index is 12.5. The first kappa shape index (κ1) is 16.7. The van der Waals surface area contributed by atoms with E-state index in [2.05, 4.69) is 5.32 Å². The van der Waals surface area contributed by atoms with Crippen LogP contribution in [0.25, 0.3) is 0 Å². The summed E-state index contributed by atoms with van der Waals surface area (Å²) in [6.07, 6.45) is 0. The van der Waals surface area contributed by atoms with E-state index in [4.69, 9.17) is 0 Å². The molecule has 0 aromatic heterocycles. The minimum absolute atomic E-state index is 0.0574. The van der Waals surface area contributed by atoms with Crippen LogP contribution >= 0.6 is 0 Å². The topological polar surface area (TPSA) is 49.4 Å². The lowest BCUT2D eigenvalue weighted by molar-refractivity contribution is -0.123. The van der Waals surface area contributed by atoms with Crippen molar-refractivity contribution in [1.29, 1.82) is 0 Å². The Hall–Kier alpha value is -2.62. The molecule has 4 heteroatoms. The van der Waals surface area contributed by atoms with Crippen LogP contribution < -0.4 is 10.2 Å². The van der Waals surface area contributed by atoms with E-state index in [1.807, 2.05) is 51.1 Å². The van der Waals surface area contributed by atoms with Crippen LogP contribution in [-0.2, 0) is 4.79 Å². The van der Waals surface area contributed by atoms with Crippen LogP contribution in [0.5, 0.6) is 0 Å². The standard InChI is InChI=1S/C19H22N2O2/c1-19(2,3)18(23)20-15-12-10-14(11-13-15)17(22)21(4)16-8-6-5-7-9-16/h5-13H,1-4H3,(H,20,23). The minimum Gasteiger partial charge on any atom is -0.326 e.